The van der Waals surface area contributed by atoms with Crippen LogP contribution in [0.4, 0.5) is 0 Å². The minimum Gasteiger partial charge on any atom is -0.481 e. The SMILES string of the molecule is Cc1nc(CN2C[C@H]3CN(C4CCCCC4)C[C@@]3(C(=O)O)C2)c(C)s1. The Balaban J connectivity index is 1.47. The van der Waals surface area contributed by atoms with Gasteiger partial charge in [0.15, 0.2) is 0 Å². The van der Waals surface area contributed by atoms with Crippen LogP contribution in [-0.2, 0) is 11.3 Å². The maximum absolute atomic E-state index is 12.2. The number of likely N-dealkylation sites (tertiary alicyclic amines) is 2. The average Bonchev–Trinajstić information content (AvgIpc) is 3.19. The zero-order chi connectivity index (χ0) is 17.6. The van der Waals surface area contributed by atoms with Crippen LogP contribution in [0.3, 0.4) is 0 Å². The van der Waals surface area contributed by atoms with Crippen molar-refractivity contribution in [3.63, 3.8) is 0 Å². The fraction of sp³-hybridized carbons (Fsp3) is 0.789. The first kappa shape index (κ1) is 17.4. The van der Waals surface area contributed by atoms with Gasteiger partial charge < -0.3 is 5.11 Å². The molecule has 0 aromatic carbocycles. The van der Waals surface area contributed by atoms with Crippen LogP contribution >= 0.6 is 11.3 Å². The monoisotopic (exact) mass is 363 g/mol. The molecule has 4 rings (SSSR count). The molecule has 2 aliphatic heterocycles. The van der Waals surface area contributed by atoms with Gasteiger partial charge in [0.2, 0.25) is 0 Å². The molecular weight excluding hydrogens is 334 g/mol. The van der Waals surface area contributed by atoms with Gasteiger partial charge in [-0.25, -0.2) is 4.98 Å². The highest BCUT2D eigenvalue weighted by Crippen LogP contribution is 2.45. The number of aliphatic carboxylic acids is 1. The summed E-state index contributed by atoms with van der Waals surface area (Å²) < 4.78 is 0. The van der Waals surface area contributed by atoms with Gasteiger partial charge in [-0.2, -0.15) is 0 Å². The molecular formula is C19H29N3O2S. The van der Waals surface area contributed by atoms with Gasteiger partial charge in [-0.15, -0.1) is 11.3 Å². The van der Waals surface area contributed by atoms with Crippen LogP contribution in [0.2, 0.25) is 0 Å². The Morgan fingerprint density at radius 1 is 1.24 bits per heavy atom. The van der Waals surface area contributed by atoms with Gasteiger partial charge in [-0.3, -0.25) is 14.6 Å². The first-order valence-corrected chi connectivity index (χ1v) is 10.4. The molecule has 6 heteroatoms. The van der Waals surface area contributed by atoms with Crippen molar-refractivity contribution < 1.29 is 9.90 Å². The Hall–Kier alpha value is -0.980. The molecule has 2 saturated heterocycles. The van der Waals surface area contributed by atoms with Crippen molar-refractivity contribution in [1.29, 1.82) is 0 Å². The van der Waals surface area contributed by atoms with E-state index in [-0.39, 0.29) is 5.92 Å². The third-order valence-corrected chi connectivity index (χ3v) is 7.52. The number of fused-ring (bicyclic) bond motifs is 1. The first-order chi connectivity index (χ1) is 12.0. The number of aromatic nitrogens is 1. The summed E-state index contributed by atoms with van der Waals surface area (Å²) in [6.07, 6.45) is 6.46. The molecule has 0 radical (unpaired) electrons. The molecule has 0 amide bonds. The van der Waals surface area contributed by atoms with Crippen LogP contribution in [-0.4, -0.2) is 58.1 Å². The molecule has 1 N–H and O–H groups in total. The van der Waals surface area contributed by atoms with Crippen molar-refractivity contribution >= 4 is 17.3 Å². The summed E-state index contributed by atoms with van der Waals surface area (Å²) in [5.41, 5.74) is 0.559. The first-order valence-electron chi connectivity index (χ1n) is 9.60. The lowest BCUT2D eigenvalue weighted by Gasteiger charge is -2.33. The summed E-state index contributed by atoms with van der Waals surface area (Å²) in [5, 5.41) is 11.2. The van der Waals surface area contributed by atoms with Crippen LogP contribution in [0.25, 0.3) is 0 Å². The second kappa shape index (κ2) is 6.63. The second-order valence-corrected chi connectivity index (χ2v) is 9.69. The predicted octanol–water partition coefficient (Wildman–Crippen LogP) is 2.91. The van der Waals surface area contributed by atoms with E-state index >= 15 is 0 Å². The quantitative estimate of drug-likeness (QED) is 0.891. The number of hydrogen-bond donors (Lipinski definition) is 1. The van der Waals surface area contributed by atoms with E-state index in [0.29, 0.717) is 12.6 Å². The molecule has 0 spiro atoms. The number of nitrogens with zero attached hydrogens (tertiary/aromatic N) is 3. The molecule has 1 aromatic heterocycles. The number of carbonyl (C=O) groups is 1. The summed E-state index contributed by atoms with van der Waals surface area (Å²) in [5.74, 6) is -0.337. The number of thiazole rings is 1. The van der Waals surface area contributed by atoms with Gasteiger partial charge in [0, 0.05) is 49.6 Å². The highest BCUT2D eigenvalue weighted by molar-refractivity contribution is 7.11. The lowest BCUT2D eigenvalue weighted by atomic mass is 9.81. The van der Waals surface area contributed by atoms with Crippen LogP contribution in [0.1, 0.15) is 47.7 Å². The molecule has 5 nitrogen and oxygen atoms in total. The topological polar surface area (TPSA) is 56.7 Å². The van der Waals surface area contributed by atoms with E-state index in [1.54, 1.807) is 11.3 Å². The molecule has 1 aromatic rings. The third-order valence-electron chi connectivity index (χ3n) is 6.60. The summed E-state index contributed by atoms with van der Waals surface area (Å²) in [7, 11) is 0. The van der Waals surface area contributed by atoms with Crippen molar-refractivity contribution in [2.24, 2.45) is 11.3 Å². The molecule has 25 heavy (non-hydrogen) atoms. The molecule has 1 aliphatic carbocycles. The van der Waals surface area contributed by atoms with E-state index in [4.69, 9.17) is 0 Å². The van der Waals surface area contributed by atoms with Gasteiger partial charge in [-0.1, -0.05) is 19.3 Å². The largest absolute Gasteiger partial charge is 0.481 e. The number of carboxylic acid groups (broad SMARTS) is 1. The fourth-order valence-corrected chi connectivity index (χ4v) is 6.11. The van der Waals surface area contributed by atoms with Crippen LogP contribution in [0, 0.1) is 25.2 Å². The lowest BCUT2D eigenvalue weighted by molar-refractivity contribution is -0.149. The van der Waals surface area contributed by atoms with Crippen LogP contribution in [0.5, 0.6) is 0 Å². The van der Waals surface area contributed by atoms with Crippen LogP contribution in [0.15, 0.2) is 0 Å². The van der Waals surface area contributed by atoms with Crippen LogP contribution < -0.4 is 0 Å². The summed E-state index contributed by atoms with van der Waals surface area (Å²) in [6.45, 7) is 8.23. The minimum atomic E-state index is -0.593. The Morgan fingerprint density at radius 3 is 2.60 bits per heavy atom. The van der Waals surface area contributed by atoms with Gasteiger partial charge >= 0.3 is 5.97 Å². The summed E-state index contributed by atoms with van der Waals surface area (Å²) in [4.78, 5) is 23.0. The van der Waals surface area contributed by atoms with Gasteiger partial charge in [-0.05, 0) is 26.7 Å². The Labute approximate surface area is 154 Å². The van der Waals surface area contributed by atoms with Crippen molar-refractivity contribution in [2.45, 2.75) is 58.5 Å². The standard InChI is InChI=1S/C19H29N3O2S/c1-13-17(20-14(2)25-13)10-21-8-15-9-22(16-6-4-3-5-7-16)12-19(15,11-21)18(23)24/h15-16H,3-12H2,1-2H3,(H,23,24)/t15-,19-/m0/s1. The highest BCUT2D eigenvalue weighted by Gasteiger charge is 2.58. The van der Waals surface area contributed by atoms with E-state index in [2.05, 4.69) is 21.7 Å². The maximum atomic E-state index is 12.2. The number of aryl methyl sites for hydroxylation is 2. The Kier molecular flexibility index (Phi) is 4.63. The van der Waals surface area contributed by atoms with Gasteiger partial charge in [0.25, 0.3) is 0 Å². The molecule has 0 unspecified atom stereocenters. The summed E-state index contributed by atoms with van der Waals surface area (Å²) >= 11 is 1.74. The number of rotatable bonds is 4. The summed E-state index contributed by atoms with van der Waals surface area (Å²) in [6, 6.07) is 0.618. The Morgan fingerprint density at radius 2 is 2.00 bits per heavy atom. The smallest absolute Gasteiger partial charge is 0.312 e. The zero-order valence-corrected chi connectivity index (χ0v) is 16.1. The second-order valence-electron chi connectivity index (χ2n) is 8.28. The lowest BCUT2D eigenvalue weighted by Crippen LogP contribution is -2.43. The van der Waals surface area contributed by atoms with Crippen molar-refractivity contribution in [3.05, 3.63) is 15.6 Å². The molecule has 1 saturated carbocycles. The molecule has 0 bridgehead atoms. The zero-order valence-electron chi connectivity index (χ0n) is 15.3. The van der Waals surface area contributed by atoms with E-state index < -0.39 is 11.4 Å². The fourth-order valence-electron chi connectivity index (χ4n) is 5.29. The van der Waals surface area contributed by atoms with Crippen molar-refractivity contribution in [1.82, 2.24) is 14.8 Å². The Bertz CT molecular complexity index is 655. The maximum Gasteiger partial charge on any atom is 0.312 e. The molecule has 3 aliphatic rings. The third kappa shape index (κ3) is 3.13. The highest BCUT2D eigenvalue weighted by atomic mass is 32.1. The molecule has 3 heterocycles. The van der Waals surface area contributed by atoms with Crippen molar-refractivity contribution in [2.75, 3.05) is 26.2 Å². The minimum absolute atomic E-state index is 0.256. The van der Waals surface area contributed by atoms with E-state index in [1.807, 2.05) is 6.92 Å². The van der Waals surface area contributed by atoms with E-state index in [1.165, 1.54) is 37.0 Å². The molecule has 138 valence electrons. The average molecular weight is 364 g/mol. The van der Waals surface area contributed by atoms with Gasteiger partial charge in [0.1, 0.15) is 0 Å². The van der Waals surface area contributed by atoms with E-state index in [0.717, 1.165) is 36.9 Å². The normalized spacial score (nSPS) is 31.5. The van der Waals surface area contributed by atoms with Gasteiger partial charge in [0.05, 0.1) is 16.1 Å². The molecule has 3 fully saturated rings. The molecule has 2 atom stereocenters. The van der Waals surface area contributed by atoms with Crippen molar-refractivity contribution in [3.8, 4) is 0 Å². The van der Waals surface area contributed by atoms with E-state index in [9.17, 15) is 9.90 Å². The predicted molar refractivity (Wildman–Crippen MR) is 98.9 cm³/mol. The number of carboxylic acids is 1. The number of hydrogen-bond acceptors (Lipinski definition) is 5.